The van der Waals surface area contributed by atoms with Crippen molar-refractivity contribution in [3.63, 3.8) is 0 Å². The Morgan fingerprint density at radius 2 is 1.90 bits per heavy atom. The van der Waals surface area contributed by atoms with Crippen LogP contribution >= 0.6 is 0 Å². The number of amides is 2. The summed E-state index contributed by atoms with van der Waals surface area (Å²) in [6.07, 6.45) is -0.0697. The van der Waals surface area contributed by atoms with Gasteiger partial charge in [-0.05, 0) is 41.5 Å². The van der Waals surface area contributed by atoms with Crippen molar-refractivity contribution in [1.29, 1.82) is 5.26 Å². The molecule has 1 N–H and O–H groups in total. The lowest BCUT2D eigenvalue weighted by atomic mass is 10.0. The highest BCUT2D eigenvalue weighted by Gasteiger charge is 2.41. The number of carbonyl (C=O) groups is 2. The normalized spacial score (nSPS) is 14.0. The van der Waals surface area contributed by atoms with Crippen LogP contribution in [0.25, 0.3) is 10.8 Å². The molecule has 29 heavy (non-hydrogen) atoms. The summed E-state index contributed by atoms with van der Waals surface area (Å²) in [5.41, 5.74) is 1.24. The monoisotopic (exact) mass is 386 g/mol. The first kappa shape index (κ1) is 18.5. The average Bonchev–Trinajstić information content (AvgIpc) is 2.99. The Morgan fingerprint density at radius 1 is 1.10 bits per heavy atom. The molecule has 144 valence electrons. The SMILES string of the molecule is CCOc1cc(C(CC#N)N2C(=O)c3ccc4ccccc4c3C2=O)ccc1O. The van der Waals surface area contributed by atoms with E-state index in [0.29, 0.717) is 28.7 Å². The van der Waals surface area contributed by atoms with Gasteiger partial charge in [0.05, 0.1) is 36.3 Å². The average molecular weight is 386 g/mol. The highest BCUT2D eigenvalue weighted by atomic mass is 16.5. The third-order valence-electron chi connectivity index (χ3n) is 5.08. The Hall–Kier alpha value is -3.85. The summed E-state index contributed by atoms with van der Waals surface area (Å²) >= 11 is 0. The van der Waals surface area contributed by atoms with Gasteiger partial charge in [0.15, 0.2) is 11.5 Å². The highest BCUT2D eigenvalue weighted by Crippen LogP contribution is 2.38. The van der Waals surface area contributed by atoms with Crippen molar-refractivity contribution in [3.05, 3.63) is 71.3 Å². The molecule has 1 aliphatic rings. The first-order valence-electron chi connectivity index (χ1n) is 9.29. The van der Waals surface area contributed by atoms with E-state index < -0.39 is 17.9 Å². The molecule has 0 bridgehead atoms. The van der Waals surface area contributed by atoms with Crippen molar-refractivity contribution < 1.29 is 19.4 Å². The molecule has 0 aliphatic carbocycles. The molecule has 0 aromatic heterocycles. The second-order valence-electron chi connectivity index (χ2n) is 6.73. The Bertz CT molecular complexity index is 1180. The number of hydrogen-bond acceptors (Lipinski definition) is 5. The predicted octanol–water partition coefficient (Wildman–Crippen LogP) is 4.20. The van der Waals surface area contributed by atoms with Crippen molar-refractivity contribution in [2.75, 3.05) is 6.61 Å². The minimum atomic E-state index is -0.786. The third kappa shape index (κ3) is 2.97. The van der Waals surface area contributed by atoms with Crippen LogP contribution in [0.3, 0.4) is 0 Å². The third-order valence-corrected chi connectivity index (χ3v) is 5.08. The smallest absolute Gasteiger partial charge is 0.262 e. The molecule has 2 amide bonds. The Morgan fingerprint density at radius 3 is 2.66 bits per heavy atom. The summed E-state index contributed by atoms with van der Waals surface area (Å²) in [5, 5.41) is 20.9. The van der Waals surface area contributed by atoms with Gasteiger partial charge in [0, 0.05) is 0 Å². The number of benzene rings is 3. The lowest BCUT2D eigenvalue weighted by Crippen LogP contribution is -2.34. The fraction of sp³-hybridized carbons (Fsp3) is 0.174. The van der Waals surface area contributed by atoms with Crippen LogP contribution in [-0.4, -0.2) is 28.4 Å². The lowest BCUT2D eigenvalue weighted by molar-refractivity contribution is 0.0585. The molecule has 6 nitrogen and oxygen atoms in total. The molecule has 1 atom stereocenters. The molecular weight excluding hydrogens is 368 g/mol. The van der Waals surface area contributed by atoms with Crippen LogP contribution in [0.15, 0.2) is 54.6 Å². The largest absolute Gasteiger partial charge is 0.504 e. The first-order valence-corrected chi connectivity index (χ1v) is 9.29. The number of rotatable bonds is 5. The molecule has 1 unspecified atom stereocenters. The summed E-state index contributed by atoms with van der Waals surface area (Å²) in [7, 11) is 0. The van der Waals surface area contributed by atoms with Crippen molar-refractivity contribution in [2.45, 2.75) is 19.4 Å². The topological polar surface area (TPSA) is 90.6 Å². The number of nitriles is 1. The zero-order valence-electron chi connectivity index (χ0n) is 15.8. The summed E-state index contributed by atoms with van der Waals surface area (Å²) in [4.78, 5) is 27.6. The van der Waals surface area contributed by atoms with Crippen molar-refractivity contribution in [2.24, 2.45) is 0 Å². The van der Waals surface area contributed by atoms with Crippen molar-refractivity contribution in [3.8, 4) is 17.6 Å². The van der Waals surface area contributed by atoms with E-state index in [1.807, 2.05) is 30.3 Å². The van der Waals surface area contributed by atoms with Gasteiger partial charge in [0.25, 0.3) is 11.8 Å². The highest BCUT2D eigenvalue weighted by molar-refractivity contribution is 6.26. The zero-order chi connectivity index (χ0) is 20.5. The van der Waals surface area contributed by atoms with E-state index in [9.17, 15) is 20.0 Å². The maximum atomic E-state index is 13.3. The number of carbonyl (C=O) groups excluding carboxylic acids is 2. The van der Waals surface area contributed by atoms with Crippen LogP contribution in [0.1, 0.15) is 45.7 Å². The quantitative estimate of drug-likeness (QED) is 0.664. The maximum Gasteiger partial charge on any atom is 0.262 e. The number of nitrogens with zero attached hydrogens (tertiary/aromatic N) is 2. The summed E-state index contributed by atoms with van der Waals surface area (Å²) < 4.78 is 5.42. The molecule has 4 rings (SSSR count). The van der Waals surface area contributed by atoms with Crippen LogP contribution in [0.2, 0.25) is 0 Å². The van der Waals surface area contributed by atoms with Gasteiger partial charge >= 0.3 is 0 Å². The zero-order valence-corrected chi connectivity index (χ0v) is 15.8. The van der Waals surface area contributed by atoms with Gasteiger partial charge in [0.2, 0.25) is 0 Å². The van der Waals surface area contributed by atoms with Gasteiger partial charge in [0.1, 0.15) is 0 Å². The van der Waals surface area contributed by atoms with Crippen molar-refractivity contribution >= 4 is 22.6 Å². The molecule has 0 saturated carbocycles. The Labute approximate surface area is 167 Å². The van der Waals surface area contributed by atoms with Gasteiger partial charge in [-0.3, -0.25) is 14.5 Å². The molecular formula is C23H18N2O4. The summed E-state index contributed by atoms with van der Waals surface area (Å²) in [5.74, 6) is -0.648. The molecule has 1 heterocycles. The Balaban J connectivity index is 1.82. The predicted molar refractivity (Wildman–Crippen MR) is 107 cm³/mol. The lowest BCUT2D eigenvalue weighted by Gasteiger charge is -2.25. The van der Waals surface area contributed by atoms with Crippen LogP contribution in [-0.2, 0) is 0 Å². The van der Waals surface area contributed by atoms with E-state index in [1.54, 1.807) is 25.1 Å². The summed E-state index contributed by atoms with van der Waals surface area (Å²) in [6.45, 7) is 2.13. The number of fused-ring (bicyclic) bond motifs is 3. The molecule has 3 aromatic carbocycles. The minimum Gasteiger partial charge on any atom is -0.504 e. The number of phenols is 1. The fourth-order valence-electron chi connectivity index (χ4n) is 3.76. The molecule has 3 aromatic rings. The van der Waals surface area contributed by atoms with Gasteiger partial charge < -0.3 is 9.84 Å². The van der Waals surface area contributed by atoms with E-state index in [1.165, 1.54) is 6.07 Å². The minimum absolute atomic E-state index is 0.0420. The molecule has 0 spiro atoms. The van der Waals surface area contributed by atoms with Gasteiger partial charge in [-0.15, -0.1) is 0 Å². The summed E-state index contributed by atoms with van der Waals surface area (Å²) in [6, 6.07) is 16.8. The number of ether oxygens (including phenoxy) is 1. The molecule has 0 fully saturated rings. The standard InChI is InChI=1S/C23H18N2O4/c1-2-29-20-13-15(8-10-19(20)26)18(11-12-24)25-22(27)17-9-7-14-5-3-4-6-16(14)21(17)23(25)28/h3-10,13,18,26H,2,11H2,1H3. The number of phenolic OH excluding ortho intramolecular Hbond substituents is 1. The van der Waals surface area contributed by atoms with Gasteiger partial charge in [-0.2, -0.15) is 5.26 Å². The van der Waals surface area contributed by atoms with Crippen LogP contribution < -0.4 is 4.74 Å². The second-order valence-corrected chi connectivity index (χ2v) is 6.73. The molecule has 1 aliphatic heterocycles. The molecule has 0 saturated heterocycles. The van der Waals surface area contributed by atoms with E-state index in [0.717, 1.165) is 10.3 Å². The van der Waals surface area contributed by atoms with Gasteiger partial charge in [-0.1, -0.05) is 36.4 Å². The maximum absolute atomic E-state index is 13.3. The van der Waals surface area contributed by atoms with Crippen molar-refractivity contribution in [1.82, 2.24) is 4.90 Å². The van der Waals surface area contributed by atoms with Gasteiger partial charge in [-0.25, -0.2) is 0 Å². The number of aromatic hydroxyl groups is 1. The van der Waals surface area contributed by atoms with E-state index in [-0.39, 0.29) is 17.9 Å². The van der Waals surface area contributed by atoms with Crippen LogP contribution in [0, 0.1) is 11.3 Å². The second kappa shape index (κ2) is 7.28. The number of imide groups is 1. The molecule has 6 heteroatoms. The fourth-order valence-corrected chi connectivity index (χ4v) is 3.76. The molecule has 0 radical (unpaired) electrons. The van der Waals surface area contributed by atoms with E-state index >= 15 is 0 Å². The van der Waals surface area contributed by atoms with Crippen LogP contribution in [0.5, 0.6) is 11.5 Å². The van der Waals surface area contributed by atoms with E-state index in [2.05, 4.69) is 6.07 Å². The Kier molecular flexibility index (Phi) is 4.65. The van der Waals surface area contributed by atoms with Crippen LogP contribution in [0.4, 0.5) is 0 Å². The van der Waals surface area contributed by atoms with E-state index in [4.69, 9.17) is 4.74 Å². The number of hydrogen-bond donors (Lipinski definition) is 1. The first-order chi connectivity index (χ1) is 14.1.